The van der Waals surface area contributed by atoms with Gasteiger partial charge in [-0.1, -0.05) is 0 Å². The summed E-state index contributed by atoms with van der Waals surface area (Å²) in [6.07, 6.45) is 4.01. The van der Waals surface area contributed by atoms with Crippen LogP contribution in [0.5, 0.6) is 0 Å². The Labute approximate surface area is 176 Å². The minimum absolute atomic E-state index is 0.0435. The molecule has 0 amide bonds. The number of fused-ring (bicyclic) bond motifs is 1. The van der Waals surface area contributed by atoms with Crippen LogP contribution in [0.25, 0.3) is 11.0 Å². The van der Waals surface area contributed by atoms with Gasteiger partial charge in [0, 0.05) is 37.9 Å². The summed E-state index contributed by atoms with van der Waals surface area (Å²) in [6.45, 7) is 6.55. The van der Waals surface area contributed by atoms with Gasteiger partial charge in [0.2, 0.25) is 0 Å². The van der Waals surface area contributed by atoms with Gasteiger partial charge in [-0.15, -0.1) is 11.3 Å². The molecule has 0 bridgehead atoms. The van der Waals surface area contributed by atoms with Gasteiger partial charge in [-0.05, 0) is 67.0 Å². The Morgan fingerprint density at radius 3 is 2.82 bits per heavy atom. The van der Waals surface area contributed by atoms with Crippen molar-refractivity contribution in [1.29, 1.82) is 0 Å². The van der Waals surface area contributed by atoms with Crippen molar-refractivity contribution in [2.75, 3.05) is 19.6 Å². The molecule has 1 saturated heterocycles. The number of nitrogens with one attached hydrogen (secondary N) is 1. The summed E-state index contributed by atoms with van der Waals surface area (Å²) < 4.78 is 2.97. The van der Waals surface area contributed by atoms with E-state index in [1.165, 1.54) is 0 Å². The molecule has 0 unspecified atom stereocenters. The number of hydrogen-bond donors (Lipinski definition) is 1. The fourth-order valence-corrected chi connectivity index (χ4v) is 5.08. The molecule has 0 atom stereocenters. The molecule has 3 aromatic rings. The fourth-order valence-electron chi connectivity index (χ4n) is 3.70. The smallest absolute Gasteiger partial charge is 0.251 e. The van der Waals surface area contributed by atoms with Crippen LogP contribution in [0.4, 0.5) is 0 Å². The van der Waals surface area contributed by atoms with Gasteiger partial charge < -0.3 is 14.8 Å². The van der Waals surface area contributed by atoms with E-state index in [9.17, 15) is 4.79 Å². The van der Waals surface area contributed by atoms with Crippen molar-refractivity contribution in [3.8, 4) is 0 Å². The van der Waals surface area contributed by atoms with Crippen LogP contribution in [0.2, 0.25) is 0 Å². The largest absolute Gasteiger partial charge is 0.308 e. The lowest BCUT2D eigenvalue weighted by molar-refractivity contribution is 0.191. The number of likely N-dealkylation sites (tertiary alicyclic amines) is 1. The molecule has 148 valence electrons. The van der Waals surface area contributed by atoms with E-state index in [2.05, 4.69) is 36.1 Å². The molecule has 3 aromatic heterocycles. The molecule has 1 aliphatic heterocycles. The minimum Gasteiger partial charge on any atom is -0.308 e. The summed E-state index contributed by atoms with van der Waals surface area (Å²) in [5, 5.41) is 4.78. The highest BCUT2D eigenvalue weighted by molar-refractivity contribution is 9.11. The molecule has 0 aromatic carbocycles. The third-order valence-corrected chi connectivity index (χ3v) is 7.32. The Bertz CT molecular complexity index is 990. The average Bonchev–Trinajstić information content (AvgIpc) is 3.04. The maximum atomic E-state index is 12.3. The second kappa shape index (κ2) is 8.82. The monoisotopic (exact) mass is 461 g/mol. The lowest BCUT2D eigenvalue weighted by atomic mass is 10.1. The first-order chi connectivity index (χ1) is 13.6. The van der Waals surface area contributed by atoms with Crippen LogP contribution in [0, 0.1) is 6.92 Å². The quantitative estimate of drug-likeness (QED) is 0.610. The zero-order valence-electron chi connectivity index (χ0n) is 15.9. The van der Waals surface area contributed by atoms with Crippen molar-refractivity contribution in [3.05, 3.63) is 55.3 Å². The molecular formula is C20H24BrN5OS. The Hall–Kier alpha value is -1.61. The van der Waals surface area contributed by atoms with Gasteiger partial charge in [-0.25, -0.2) is 4.98 Å². The van der Waals surface area contributed by atoms with E-state index in [-0.39, 0.29) is 5.56 Å². The number of rotatable bonds is 6. The summed E-state index contributed by atoms with van der Waals surface area (Å²) in [5.41, 5.74) is 2.89. The lowest BCUT2D eigenvalue weighted by Crippen LogP contribution is -2.43. The van der Waals surface area contributed by atoms with Crippen LogP contribution in [0.1, 0.15) is 23.5 Å². The van der Waals surface area contributed by atoms with Gasteiger partial charge in [-0.2, -0.15) is 0 Å². The van der Waals surface area contributed by atoms with Crippen molar-refractivity contribution >= 4 is 38.3 Å². The van der Waals surface area contributed by atoms with Crippen molar-refractivity contribution in [2.24, 2.45) is 0 Å². The normalized spacial score (nSPS) is 16.1. The van der Waals surface area contributed by atoms with Crippen LogP contribution in [-0.4, -0.2) is 45.1 Å². The van der Waals surface area contributed by atoms with Crippen LogP contribution in [0.3, 0.4) is 0 Å². The minimum atomic E-state index is 0.0435. The highest BCUT2D eigenvalue weighted by atomic mass is 79.9. The third kappa shape index (κ3) is 4.51. The van der Waals surface area contributed by atoms with Gasteiger partial charge in [-0.3, -0.25) is 9.78 Å². The highest BCUT2D eigenvalue weighted by Gasteiger charge is 2.19. The summed E-state index contributed by atoms with van der Waals surface area (Å²) in [6, 6.07) is 7.80. The van der Waals surface area contributed by atoms with Crippen molar-refractivity contribution in [2.45, 2.75) is 38.9 Å². The first-order valence-electron chi connectivity index (χ1n) is 9.62. The number of hydrogen-bond acceptors (Lipinski definition) is 6. The summed E-state index contributed by atoms with van der Waals surface area (Å²) in [7, 11) is 0. The zero-order valence-corrected chi connectivity index (χ0v) is 18.3. The summed E-state index contributed by atoms with van der Waals surface area (Å²) in [5.74, 6) is 0. The number of halogens is 1. The second-order valence-electron chi connectivity index (χ2n) is 7.19. The molecule has 4 rings (SSSR count). The Kier molecular flexibility index (Phi) is 6.20. The molecule has 28 heavy (non-hydrogen) atoms. The molecule has 6 nitrogen and oxygen atoms in total. The SMILES string of the molecule is Cc1nc(CNC2CCN(CCn3c(=O)ccc4ncccc43)CC2)sc1Br. The molecule has 1 N–H and O–H groups in total. The zero-order chi connectivity index (χ0) is 19.5. The van der Waals surface area contributed by atoms with Crippen molar-refractivity contribution in [3.63, 3.8) is 0 Å². The molecular weight excluding hydrogens is 438 g/mol. The van der Waals surface area contributed by atoms with Gasteiger partial charge in [0.05, 0.1) is 20.5 Å². The van der Waals surface area contributed by atoms with Crippen LogP contribution in [-0.2, 0) is 13.1 Å². The van der Waals surface area contributed by atoms with E-state index in [0.717, 1.165) is 64.5 Å². The van der Waals surface area contributed by atoms with E-state index in [4.69, 9.17) is 0 Å². The average molecular weight is 462 g/mol. The summed E-state index contributed by atoms with van der Waals surface area (Å²) in [4.78, 5) is 23.7. The van der Waals surface area contributed by atoms with Gasteiger partial charge in [0.25, 0.3) is 5.56 Å². The van der Waals surface area contributed by atoms with E-state index in [0.29, 0.717) is 12.6 Å². The lowest BCUT2D eigenvalue weighted by Gasteiger charge is -2.32. The van der Waals surface area contributed by atoms with E-state index >= 15 is 0 Å². The van der Waals surface area contributed by atoms with Crippen molar-refractivity contribution < 1.29 is 0 Å². The number of nitrogens with zero attached hydrogens (tertiary/aromatic N) is 4. The highest BCUT2D eigenvalue weighted by Crippen LogP contribution is 2.24. The fraction of sp³-hybridized carbons (Fsp3) is 0.450. The molecule has 1 fully saturated rings. The molecule has 8 heteroatoms. The second-order valence-corrected chi connectivity index (χ2v) is 9.60. The summed E-state index contributed by atoms with van der Waals surface area (Å²) >= 11 is 5.25. The Morgan fingerprint density at radius 2 is 2.07 bits per heavy atom. The maximum Gasteiger partial charge on any atom is 0.251 e. The number of aryl methyl sites for hydroxylation is 1. The van der Waals surface area contributed by atoms with Gasteiger partial charge in [0.15, 0.2) is 0 Å². The first-order valence-corrected chi connectivity index (χ1v) is 11.2. The predicted octanol–water partition coefficient (Wildman–Crippen LogP) is 3.18. The van der Waals surface area contributed by atoms with Gasteiger partial charge in [0.1, 0.15) is 5.01 Å². The predicted molar refractivity (Wildman–Crippen MR) is 117 cm³/mol. The molecule has 0 saturated carbocycles. The third-order valence-electron chi connectivity index (χ3n) is 5.31. The van der Waals surface area contributed by atoms with Crippen LogP contribution in [0.15, 0.2) is 39.0 Å². The number of thiazole rings is 1. The van der Waals surface area contributed by atoms with E-state index in [1.54, 1.807) is 29.7 Å². The molecule has 0 spiro atoms. The molecule has 4 heterocycles. The standard InChI is InChI=1S/C20H24BrN5OS/c1-14-20(21)28-18(24-14)13-23-15-6-9-25(10-7-15)11-12-26-17-3-2-8-22-16(17)4-5-19(26)27/h2-5,8,15,23H,6-7,9-13H2,1H3. The maximum absolute atomic E-state index is 12.3. The molecule has 1 aliphatic rings. The van der Waals surface area contributed by atoms with Crippen molar-refractivity contribution in [1.82, 2.24) is 24.8 Å². The van der Waals surface area contributed by atoms with E-state index in [1.807, 2.05) is 23.6 Å². The number of pyridine rings is 2. The van der Waals surface area contributed by atoms with Gasteiger partial charge >= 0.3 is 0 Å². The Balaban J connectivity index is 1.28. The Morgan fingerprint density at radius 1 is 1.25 bits per heavy atom. The van der Waals surface area contributed by atoms with Crippen LogP contribution < -0.4 is 10.9 Å². The molecule has 0 aliphatic carbocycles. The molecule has 0 radical (unpaired) electrons. The topological polar surface area (TPSA) is 63.1 Å². The first kappa shape index (κ1) is 19.7. The van der Waals surface area contributed by atoms with E-state index < -0.39 is 0 Å². The van der Waals surface area contributed by atoms with Crippen LogP contribution >= 0.6 is 27.3 Å². The number of aromatic nitrogens is 3. The number of piperidine rings is 1.